The van der Waals surface area contributed by atoms with Gasteiger partial charge >= 0.3 is 0 Å². The SMILES string of the molecule is CCOC(OCC)c1cc(C(CC#N)n2cc(-c3ncnc4c3ccn4COCC[Si](C)(C)C)cn2)cs1. The van der Waals surface area contributed by atoms with Crippen LogP contribution in [-0.2, 0) is 20.9 Å². The van der Waals surface area contributed by atoms with Crippen molar-refractivity contribution in [3.05, 3.63) is 52.9 Å². The smallest absolute Gasteiger partial charge is 0.193 e. The maximum Gasteiger partial charge on any atom is 0.193 e. The Morgan fingerprint density at radius 3 is 2.66 bits per heavy atom. The zero-order valence-electron chi connectivity index (χ0n) is 22.8. The maximum atomic E-state index is 9.57. The second-order valence-electron chi connectivity index (χ2n) is 10.2. The highest BCUT2D eigenvalue weighted by atomic mass is 32.1. The minimum absolute atomic E-state index is 0.232. The number of fused-ring (bicyclic) bond motifs is 1. The summed E-state index contributed by atoms with van der Waals surface area (Å²) >= 11 is 1.57. The Morgan fingerprint density at radius 2 is 1.95 bits per heavy atom. The van der Waals surface area contributed by atoms with Crippen LogP contribution in [0.1, 0.15) is 43.0 Å². The van der Waals surface area contributed by atoms with E-state index in [9.17, 15) is 5.26 Å². The molecule has 0 amide bonds. The summed E-state index contributed by atoms with van der Waals surface area (Å²) in [6.45, 7) is 13.3. The van der Waals surface area contributed by atoms with Crippen molar-refractivity contribution in [1.82, 2.24) is 24.3 Å². The molecule has 0 aliphatic rings. The highest BCUT2D eigenvalue weighted by molar-refractivity contribution is 7.10. The molecule has 0 aliphatic heterocycles. The fourth-order valence-corrected chi connectivity index (χ4v) is 5.85. The van der Waals surface area contributed by atoms with Gasteiger partial charge in [0, 0.05) is 51.2 Å². The van der Waals surface area contributed by atoms with Crippen LogP contribution in [0.2, 0.25) is 25.7 Å². The Kier molecular flexibility index (Phi) is 9.46. The lowest BCUT2D eigenvalue weighted by atomic mass is 10.1. The summed E-state index contributed by atoms with van der Waals surface area (Å²) in [6.07, 6.45) is 7.19. The molecule has 1 atom stereocenters. The van der Waals surface area contributed by atoms with Gasteiger partial charge in [-0.3, -0.25) is 4.68 Å². The van der Waals surface area contributed by atoms with Gasteiger partial charge in [-0.2, -0.15) is 10.4 Å². The minimum Gasteiger partial charge on any atom is -0.361 e. The first-order valence-electron chi connectivity index (χ1n) is 12.9. The molecule has 1 unspecified atom stereocenters. The highest BCUT2D eigenvalue weighted by Gasteiger charge is 2.22. The molecule has 0 aromatic carbocycles. The molecule has 0 radical (unpaired) electrons. The van der Waals surface area contributed by atoms with Crippen LogP contribution in [0.15, 0.2) is 42.4 Å². The summed E-state index contributed by atoms with van der Waals surface area (Å²) in [5.74, 6) is 0. The molecular weight excluding hydrogens is 516 g/mol. The van der Waals surface area contributed by atoms with Crippen molar-refractivity contribution in [3.63, 3.8) is 0 Å². The van der Waals surface area contributed by atoms with E-state index in [0.29, 0.717) is 19.9 Å². The van der Waals surface area contributed by atoms with Crippen molar-refractivity contribution in [1.29, 1.82) is 5.26 Å². The summed E-state index contributed by atoms with van der Waals surface area (Å²) in [6, 6.07) is 7.27. The average Bonchev–Trinajstić information content (AvgIpc) is 3.65. The third kappa shape index (κ3) is 6.75. The van der Waals surface area contributed by atoms with E-state index in [1.165, 1.54) is 0 Å². The van der Waals surface area contributed by atoms with Gasteiger partial charge in [-0.05, 0) is 43.0 Å². The van der Waals surface area contributed by atoms with Crippen molar-refractivity contribution in [2.24, 2.45) is 0 Å². The van der Waals surface area contributed by atoms with E-state index in [1.54, 1.807) is 23.9 Å². The van der Waals surface area contributed by atoms with Crippen molar-refractivity contribution in [2.45, 2.75) is 65.0 Å². The third-order valence-electron chi connectivity index (χ3n) is 6.15. The topological polar surface area (TPSA) is 100 Å². The van der Waals surface area contributed by atoms with Crippen LogP contribution in [0, 0.1) is 11.3 Å². The molecule has 11 heteroatoms. The van der Waals surface area contributed by atoms with Gasteiger partial charge in [-0.15, -0.1) is 11.3 Å². The van der Waals surface area contributed by atoms with Gasteiger partial charge in [0.25, 0.3) is 0 Å². The number of thiophene rings is 1. The van der Waals surface area contributed by atoms with Crippen LogP contribution in [0.5, 0.6) is 0 Å². The van der Waals surface area contributed by atoms with Gasteiger partial charge in [-0.1, -0.05) is 19.6 Å². The molecule has 0 N–H and O–H groups in total. The molecular formula is C27H36N6O3SSi. The minimum atomic E-state index is -1.14. The third-order valence-corrected chi connectivity index (χ3v) is 8.83. The van der Waals surface area contributed by atoms with Crippen LogP contribution in [0.25, 0.3) is 22.3 Å². The summed E-state index contributed by atoms with van der Waals surface area (Å²) < 4.78 is 21.3. The van der Waals surface area contributed by atoms with Gasteiger partial charge in [-0.25, -0.2) is 9.97 Å². The second kappa shape index (κ2) is 12.8. The fourth-order valence-electron chi connectivity index (χ4n) is 4.14. The predicted molar refractivity (Wildman–Crippen MR) is 152 cm³/mol. The molecule has 0 saturated carbocycles. The van der Waals surface area contributed by atoms with E-state index in [-0.39, 0.29) is 12.5 Å². The molecule has 0 saturated heterocycles. The first-order valence-corrected chi connectivity index (χ1v) is 17.5. The van der Waals surface area contributed by atoms with Gasteiger partial charge in [0.15, 0.2) is 6.29 Å². The summed E-state index contributed by atoms with van der Waals surface area (Å²) in [4.78, 5) is 10.1. The number of nitrogens with zero attached hydrogens (tertiary/aromatic N) is 6. The quantitative estimate of drug-likeness (QED) is 0.104. The summed E-state index contributed by atoms with van der Waals surface area (Å²) in [7, 11) is -1.14. The molecule has 0 aliphatic carbocycles. The Balaban J connectivity index is 1.56. The lowest BCUT2D eigenvalue weighted by Crippen LogP contribution is -2.22. The summed E-state index contributed by atoms with van der Waals surface area (Å²) in [5, 5.41) is 17.2. The van der Waals surface area contributed by atoms with Crippen LogP contribution < -0.4 is 0 Å². The van der Waals surface area contributed by atoms with Crippen molar-refractivity contribution in [3.8, 4) is 17.3 Å². The normalized spacial score (nSPS) is 12.9. The molecule has 4 heterocycles. The number of hydrogen-bond donors (Lipinski definition) is 0. The molecule has 38 heavy (non-hydrogen) atoms. The molecule has 4 aromatic heterocycles. The number of nitriles is 1. The zero-order chi connectivity index (χ0) is 27.1. The monoisotopic (exact) mass is 552 g/mol. The zero-order valence-corrected chi connectivity index (χ0v) is 24.6. The number of rotatable bonds is 14. The number of aromatic nitrogens is 5. The predicted octanol–water partition coefficient (Wildman–Crippen LogP) is 6.24. The van der Waals surface area contributed by atoms with Crippen LogP contribution in [0.3, 0.4) is 0 Å². The van der Waals surface area contributed by atoms with E-state index in [0.717, 1.165) is 45.4 Å². The van der Waals surface area contributed by atoms with Crippen molar-refractivity contribution in [2.75, 3.05) is 19.8 Å². The van der Waals surface area contributed by atoms with Crippen molar-refractivity contribution >= 4 is 30.4 Å². The maximum absolute atomic E-state index is 9.57. The molecule has 4 aromatic rings. The molecule has 9 nitrogen and oxygen atoms in total. The molecule has 0 bridgehead atoms. The van der Waals surface area contributed by atoms with E-state index in [2.05, 4.69) is 52.2 Å². The standard InChI is InChI=1S/C27H36N6O3SSi/c1-6-35-27(36-7-2)24-14-20(17-37-24)23(8-10-28)33-16-21(15-31-33)25-22-9-11-32(26(22)30-18-29-25)19-34-12-13-38(3,4)5/h9,11,14-18,23,27H,6-8,12-13,19H2,1-5H3. The fraction of sp³-hybridized carbons (Fsp3) is 0.481. The lowest BCUT2D eigenvalue weighted by Gasteiger charge is -2.16. The van der Waals surface area contributed by atoms with Crippen LogP contribution in [0.4, 0.5) is 0 Å². The average molecular weight is 553 g/mol. The van der Waals surface area contributed by atoms with Gasteiger partial charge in [0.1, 0.15) is 18.7 Å². The molecule has 4 rings (SSSR count). The highest BCUT2D eigenvalue weighted by Crippen LogP contribution is 2.33. The first kappa shape index (κ1) is 28.1. The van der Waals surface area contributed by atoms with Gasteiger partial charge in [0.05, 0.1) is 35.3 Å². The summed E-state index contributed by atoms with van der Waals surface area (Å²) in [5.41, 5.74) is 3.50. The van der Waals surface area contributed by atoms with Gasteiger partial charge in [0.2, 0.25) is 0 Å². The Morgan fingerprint density at radius 1 is 1.16 bits per heavy atom. The first-order chi connectivity index (χ1) is 18.3. The largest absolute Gasteiger partial charge is 0.361 e. The number of ether oxygens (including phenoxy) is 3. The van der Waals surface area contributed by atoms with Gasteiger partial charge < -0.3 is 18.8 Å². The Bertz CT molecular complexity index is 1360. The number of hydrogen-bond acceptors (Lipinski definition) is 8. The van der Waals surface area contributed by atoms with E-state index in [4.69, 9.17) is 14.2 Å². The van der Waals surface area contributed by atoms with Crippen LogP contribution in [-0.4, -0.2) is 52.2 Å². The molecule has 202 valence electrons. The van der Waals surface area contributed by atoms with Crippen molar-refractivity contribution < 1.29 is 14.2 Å². The lowest BCUT2D eigenvalue weighted by molar-refractivity contribution is -0.138. The Hall–Kier alpha value is -2.88. The van der Waals surface area contributed by atoms with E-state index < -0.39 is 14.4 Å². The van der Waals surface area contributed by atoms with Crippen LogP contribution >= 0.6 is 11.3 Å². The Labute approximate surface area is 229 Å². The molecule has 0 fully saturated rings. The second-order valence-corrected chi connectivity index (χ2v) is 16.8. The molecule has 0 spiro atoms. The van der Waals surface area contributed by atoms with E-state index in [1.807, 2.05) is 41.6 Å². The van der Waals surface area contributed by atoms with E-state index >= 15 is 0 Å².